The standard InChI is InChI=1S/C50H86N3O12/c1-3-4-5-6-7-8-9-10-12-15-18-21-25-42(2)64-39-38-62-35-32-52-48(56)41-63-37-36-61-34-31-51-46(54)30-29-45(50(59)60)53-47(55)28-22-19-16-13-11-14-17-20-23-33-65-44-27-24-26-43(40-44)49(57)58/h24,26-27,40,45H,3-23,25,28-39,41H2,1-2H3,(H,51,54)(H,52,56)(H,53,55)(H,57,58)(H,59,60)/t45-/m0/s1. The molecule has 1 radical (unpaired) electrons. The summed E-state index contributed by atoms with van der Waals surface area (Å²) in [6.45, 7) is 7.36. The van der Waals surface area contributed by atoms with Crippen molar-refractivity contribution in [1.82, 2.24) is 16.0 Å². The second-order valence-corrected chi connectivity index (χ2v) is 16.8. The molecule has 15 nitrogen and oxygen atoms in total. The van der Waals surface area contributed by atoms with E-state index in [0.717, 1.165) is 70.3 Å². The van der Waals surface area contributed by atoms with Gasteiger partial charge in [0.1, 0.15) is 18.4 Å². The van der Waals surface area contributed by atoms with E-state index in [1.807, 2.05) is 6.92 Å². The number of carbonyl (C=O) groups is 5. The predicted molar refractivity (Wildman–Crippen MR) is 253 cm³/mol. The van der Waals surface area contributed by atoms with Crippen LogP contribution in [0.3, 0.4) is 0 Å². The van der Waals surface area contributed by atoms with Crippen LogP contribution in [-0.4, -0.2) is 112 Å². The number of ether oxygens (including phenoxy) is 5. The molecule has 1 atom stereocenters. The maximum absolute atomic E-state index is 12.4. The van der Waals surface area contributed by atoms with Gasteiger partial charge in [-0.1, -0.05) is 135 Å². The molecular formula is C50H86N3O12. The molecule has 373 valence electrons. The summed E-state index contributed by atoms with van der Waals surface area (Å²) >= 11 is 0. The number of hydrogen-bond donors (Lipinski definition) is 5. The van der Waals surface area contributed by atoms with Crippen molar-refractivity contribution in [2.75, 3.05) is 65.9 Å². The summed E-state index contributed by atoms with van der Waals surface area (Å²) in [5.41, 5.74) is 0.211. The minimum absolute atomic E-state index is 0.0216. The fourth-order valence-corrected chi connectivity index (χ4v) is 7.05. The summed E-state index contributed by atoms with van der Waals surface area (Å²) in [5, 5.41) is 26.6. The average Bonchev–Trinajstić information content (AvgIpc) is 3.28. The third kappa shape index (κ3) is 38.1. The Morgan fingerprint density at radius 3 is 1.66 bits per heavy atom. The van der Waals surface area contributed by atoms with E-state index >= 15 is 0 Å². The van der Waals surface area contributed by atoms with E-state index in [-0.39, 0.29) is 75.5 Å². The Kier molecular flexibility index (Phi) is 39.0. The third-order valence-corrected chi connectivity index (χ3v) is 10.9. The molecule has 0 unspecified atom stereocenters. The quantitative estimate of drug-likeness (QED) is 0.0388. The first-order chi connectivity index (χ1) is 31.6. The number of hydrogen-bond acceptors (Lipinski definition) is 10. The maximum Gasteiger partial charge on any atom is 0.335 e. The SMILES string of the molecule is CCCCCCCCCCCCCC[C](C)OCCOCCNC(=O)COCCOCCNC(=O)CC[C@H](NC(=O)CCCCCCCCCCCOc1cccc(C(=O)O)c1)C(=O)O. The van der Waals surface area contributed by atoms with Crippen LogP contribution in [0.2, 0.25) is 0 Å². The number of nitrogens with one attached hydrogen (secondary N) is 3. The van der Waals surface area contributed by atoms with Crippen molar-refractivity contribution in [2.45, 2.75) is 180 Å². The highest BCUT2D eigenvalue weighted by atomic mass is 16.5. The largest absolute Gasteiger partial charge is 0.494 e. The number of carboxylic acids is 2. The van der Waals surface area contributed by atoms with Gasteiger partial charge >= 0.3 is 11.9 Å². The van der Waals surface area contributed by atoms with Crippen molar-refractivity contribution in [2.24, 2.45) is 0 Å². The van der Waals surface area contributed by atoms with E-state index in [9.17, 15) is 29.1 Å². The molecule has 1 aromatic carbocycles. The molecule has 65 heavy (non-hydrogen) atoms. The Balaban J connectivity index is 1.90. The Labute approximate surface area is 390 Å². The molecule has 1 aromatic rings. The second-order valence-electron chi connectivity index (χ2n) is 16.8. The second kappa shape index (κ2) is 42.8. The molecule has 0 heterocycles. The van der Waals surface area contributed by atoms with Gasteiger partial charge in [-0.05, 0) is 50.8 Å². The number of rotatable bonds is 47. The molecule has 5 N–H and O–H groups in total. The first-order valence-electron chi connectivity index (χ1n) is 24.8. The van der Waals surface area contributed by atoms with Crippen LogP contribution in [0.15, 0.2) is 24.3 Å². The van der Waals surface area contributed by atoms with E-state index in [4.69, 9.17) is 28.8 Å². The molecular weight excluding hydrogens is 835 g/mol. The summed E-state index contributed by atoms with van der Waals surface area (Å²) in [6, 6.07) is 5.35. The van der Waals surface area contributed by atoms with Gasteiger partial charge in [-0.2, -0.15) is 0 Å². The Morgan fingerprint density at radius 1 is 0.554 bits per heavy atom. The van der Waals surface area contributed by atoms with Crippen LogP contribution in [0, 0.1) is 6.10 Å². The fourth-order valence-electron chi connectivity index (χ4n) is 7.05. The van der Waals surface area contributed by atoms with E-state index in [1.165, 1.54) is 82.8 Å². The van der Waals surface area contributed by atoms with E-state index in [1.54, 1.807) is 12.1 Å². The lowest BCUT2D eigenvalue weighted by atomic mass is 10.0. The number of unbranched alkanes of at least 4 members (excludes halogenated alkanes) is 19. The van der Waals surface area contributed by atoms with Crippen LogP contribution in [0.4, 0.5) is 0 Å². The van der Waals surface area contributed by atoms with Gasteiger partial charge in [0.15, 0.2) is 0 Å². The van der Waals surface area contributed by atoms with E-state index in [0.29, 0.717) is 45.1 Å². The van der Waals surface area contributed by atoms with Gasteiger partial charge in [-0.25, -0.2) is 9.59 Å². The Hall–Kier alpha value is -3.79. The molecule has 0 aliphatic carbocycles. The summed E-state index contributed by atoms with van der Waals surface area (Å²) in [6.07, 6.45) is 27.1. The van der Waals surface area contributed by atoms with Crippen LogP contribution in [0.1, 0.15) is 185 Å². The van der Waals surface area contributed by atoms with Crippen molar-refractivity contribution >= 4 is 29.7 Å². The summed E-state index contributed by atoms with van der Waals surface area (Å²) < 4.78 is 27.7. The topological polar surface area (TPSA) is 208 Å². The highest BCUT2D eigenvalue weighted by Gasteiger charge is 2.21. The van der Waals surface area contributed by atoms with Gasteiger partial charge in [-0.15, -0.1) is 0 Å². The Bertz CT molecular complexity index is 1370. The smallest absolute Gasteiger partial charge is 0.335 e. The van der Waals surface area contributed by atoms with Crippen molar-refractivity contribution < 1.29 is 57.9 Å². The van der Waals surface area contributed by atoms with Crippen LogP contribution in [-0.2, 0) is 38.1 Å². The van der Waals surface area contributed by atoms with Crippen LogP contribution in [0.5, 0.6) is 5.75 Å². The van der Waals surface area contributed by atoms with Crippen molar-refractivity contribution in [3.05, 3.63) is 35.9 Å². The summed E-state index contributed by atoms with van der Waals surface area (Å²) in [4.78, 5) is 59.4. The van der Waals surface area contributed by atoms with Gasteiger partial charge in [0, 0.05) is 25.9 Å². The molecule has 0 saturated heterocycles. The molecule has 0 aliphatic heterocycles. The minimum atomic E-state index is -1.18. The number of aromatic carboxylic acids is 1. The van der Waals surface area contributed by atoms with Gasteiger partial charge in [0.05, 0.1) is 57.9 Å². The molecule has 0 aliphatic rings. The molecule has 0 fully saturated rings. The lowest BCUT2D eigenvalue weighted by Gasteiger charge is -2.14. The van der Waals surface area contributed by atoms with Crippen molar-refractivity contribution in [1.29, 1.82) is 0 Å². The van der Waals surface area contributed by atoms with Gasteiger partial charge in [0.25, 0.3) is 0 Å². The van der Waals surface area contributed by atoms with E-state index in [2.05, 4.69) is 22.9 Å². The molecule has 0 aromatic heterocycles. The molecule has 0 saturated carbocycles. The van der Waals surface area contributed by atoms with Crippen molar-refractivity contribution in [3.8, 4) is 5.75 Å². The van der Waals surface area contributed by atoms with E-state index < -0.39 is 18.0 Å². The number of benzene rings is 1. The zero-order valence-corrected chi connectivity index (χ0v) is 40.1. The summed E-state index contributed by atoms with van der Waals surface area (Å²) in [5.74, 6) is -2.51. The molecule has 15 heteroatoms. The first kappa shape index (κ1) is 59.2. The minimum Gasteiger partial charge on any atom is -0.494 e. The maximum atomic E-state index is 12.4. The van der Waals surface area contributed by atoms with Crippen LogP contribution in [0.25, 0.3) is 0 Å². The number of carboxylic acid groups (broad SMARTS) is 2. The predicted octanol–water partition coefficient (Wildman–Crippen LogP) is 8.96. The van der Waals surface area contributed by atoms with Gasteiger partial charge < -0.3 is 49.8 Å². The zero-order valence-electron chi connectivity index (χ0n) is 40.1. The monoisotopic (exact) mass is 921 g/mol. The lowest BCUT2D eigenvalue weighted by molar-refractivity contribution is -0.142. The Morgan fingerprint density at radius 2 is 1.08 bits per heavy atom. The average molecular weight is 921 g/mol. The highest BCUT2D eigenvalue weighted by molar-refractivity contribution is 5.88. The van der Waals surface area contributed by atoms with Crippen LogP contribution < -0.4 is 20.7 Å². The first-order valence-corrected chi connectivity index (χ1v) is 24.8. The lowest BCUT2D eigenvalue weighted by Crippen LogP contribution is -2.41. The van der Waals surface area contributed by atoms with Crippen LogP contribution >= 0.6 is 0 Å². The summed E-state index contributed by atoms with van der Waals surface area (Å²) in [7, 11) is 0. The number of amides is 3. The highest BCUT2D eigenvalue weighted by Crippen LogP contribution is 2.17. The molecule has 0 spiro atoms. The number of carbonyl (C=O) groups excluding carboxylic acids is 3. The number of aliphatic carboxylic acids is 1. The molecule has 3 amide bonds. The van der Waals surface area contributed by atoms with Crippen molar-refractivity contribution in [3.63, 3.8) is 0 Å². The molecule has 0 bridgehead atoms. The van der Waals surface area contributed by atoms with Gasteiger partial charge in [0.2, 0.25) is 17.7 Å². The molecule has 1 rings (SSSR count). The fraction of sp³-hybridized carbons (Fsp3) is 0.760. The zero-order chi connectivity index (χ0) is 47.4. The third-order valence-electron chi connectivity index (χ3n) is 10.9. The normalized spacial score (nSPS) is 11.7. The van der Waals surface area contributed by atoms with Gasteiger partial charge in [-0.3, -0.25) is 14.4 Å².